The molecular formula is C24H30N4O2. The average Bonchev–Trinajstić information content (AvgIpc) is 3.38. The third-order valence-corrected chi connectivity index (χ3v) is 5.85. The molecule has 2 unspecified atom stereocenters. The quantitative estimate of drug-likeness (QED) is 0.641. The zero-order valence-electron chi connectivity index (χ0n) is 18.2. The van der Waals surface area contributed by atoms with Crippen molar-refractivity contribution in [3.63, 3.8) is 0 Å². The molecule has 2 aromatic heterocycles. The molecule has 3 heterocycles. The van der Waals surface area contributed by atoms with E-state index in [4.69, 9.17) is 4.42 Å². The number of fused-ring (bicyclic) bond motifs is 1. The van der Waals surface area contributed by atoms with Gasteiger partial charge in [0, 0.05) is 30.5 Å². The normalized spacial score (nSPS) is 16.5. The van der Waals surface area contributed by atoms with E-state index >= 15 is 0 Å². The van der Waals surface area contributed by atoms with E-state index in [1.165, 1.54) is 11.3 Å². The molecule has 0 radical (unpaired) electrons. The number of aromatic nitrogens is 2. The van der Waals surface area contributed by atoms with Crippen molar-refractivity contribution in [2.75, 3.05) is 11.4 Å². The number of aryl methyl sites for hydroxylation is 2. The third-order valence-electron chi connectivity index (χ3n) is 5.85. The number of carbonyl (C=O) groups is 1. The fourth-order valence-electron chi connectivity index (χ4n) is 4.27. The SMILES string of the molecule is Cc1cc(C)n(CC(C)CNC(=O)c2ccoc2CN2c3ccccc3CC2C)n1. The van der Waals surface area contributed by atoms with Crippen molar-refractivity contribution < 1.29 is 9.21 Å². The molecule has 0 fully saturated rings. The molecule has 3 aromatic rings. The number of nitrogens with one attached hydrogen (secondary N) is 1. The zero-order chi connectivity index (χ0) is 21.3. The van der Waals surface area contributed by atoms with E-state index in [1.54, 1.807) is 12.3 Å². The van der Waals surface area contributed by atoms with Gasteiger partial charge in [0.05, 0.1) is 24.1 Å². The minimum absolute atomic E-state index is 0.0842. The number of para-hydroxylation sites is 1. The fraction of sp³-hybridized carbons (Fsp3) is 0.417. The lowest BCUT2D eigenvalue weighted by molar-refractivity contribution is 0.0944. The van der Waals surface area contributed by atoms with Gasteiger partial charge in [-0.05, 0) is 56.9 Å². The molecule has 0 saturated carbocycles. The highest BCUT2D eigenvalue weighted by atomic mass is 16.3. The van der Waals surface area contributed by atoms with Crippen molar-refractivity contribution in [3.8, 4) is 0 Å². The lowest BCUT2D eigenvalue weighted by Gasteiger charge is -2.24. The molecule has 6 heteroatoms. The van der Waals surface area contributed by atoms with Gasteiger partial charge >= 0.3 is 0 Å². The summed E-state index contributed by atoms with van der Waals surface area (Å²) in [4.78, 5) is 15.2. The highest BCUT2D eigenvalue weighted by molar-refractivity contribution is 5.95. The van der Waals surface area contributed by atoms with E-state index in [9.17, 15) is 4.79 Å². The van der Waals surface area contributed by atoms with Crippen LogP contribution >= 0.6 is 0 Å². The van der Waals surface area contributed by atoms with E-state index in [-0.39, 0.29) is 11.8 Å². The van der Waals surface area contributed by atoms with Crippen molar-refractivity contribution >= 4 is 11.6 Å². The molecule has 2 atom stereocenters. The second-order valence-electron chi connectivity index (χ2n) is 8.49. The first kappa shape index (κ1) is 20.3. The Morgan fingerprint density at radius 1 is 1.30 bits per heavy atom. The summed E-state index contributed by atoms with van der Waals surface area (Å²) in [6.07, 6.45) is 2.62. The van der Waals surface area contributed by atoms with Crippen LogP contribution in [0.1, 0.15) is 46.9 Å². The molecule has 1 amide bonds. The summed E-state index contributed by atoms with van der Waals surface area (Å²) in [6, 6.07) is 12.7. The second kappa shape index (κ2) is 8.38. The summed E-state index contributed by atoms with van der Waals surface area (Å²) in [5, 5.41) is 7.58. The van der Waals surface area contributed by atoms with Crippen molar-refractivity contribution in [2.45, 2.75) is 53.2 Å². The van der Waals surface area contributed by atoms with Crippen molar-refractivity contribution in [1.82, 2.24) is 15.1 Å². The largest absolute Gasteiger partial charge is 0.467 e. The van der Waals surface area contributed by atoms with E-state index in [1.807, 2.05) is 11.6 Å². The fourth-order valence-corrected chi connectivity index (χ4v) is 4.27. The smallest absolute Gasteiger partial charge is 0.254 e. The van der Waals surface area contributed by atoms with Gasteiger partial charge in [0.15, 0.2) is 0 Å². The summed E-state index contributed by atoms with van der Waals surface area (Å²) in [5.41, 5.74) is 5.35. The van der Waals surface area contributed by atoms with Crippen molar-refractivity contribution in [2.24, 2.45) is 5.92 Å². The Hall–Kier alpha value is -3.02. The van der Waals surface area contributed by atoms with E-state index in [0.717, 1.165) is 24.4 Å². The molecule has 1 aromatic carbocycles. The second-order valence-corrected chi connectivity index (χ2v) is 8.49. The minimum atomic E-state index is -0.0842. The minimum Gasteiger partial charge on any atom is -0.467 e. The summed E-state index contributed by atoms with van der Waals surface area (Å²) in [7, 11) is 0. The number of benzene rings is 1. The molecule has 0 spiro atoms. The lowest BCUT2D eigenvalue weighted by atomic mass is 10.1. The molecule has 1 N–H and O–H groups in total. The molecule has 158 valence electrons. The lowest BCUT2D eigenvalue weighted by Crippen LogP contribution is -2.32. The van der Waals surface area contributed by atoms with Gasteiger partial charge in [-0.2, -0.15) is 5.10 Å². The summed E-state index contributed by atoms with van der Waals surface area (Å²) >= 11 is 0. The van der Waals surface area contributed by atoms with Gasteiger partial charge in [-0.15, -0.1) is 0 Å². The van der Waals surface area contributed by atoms with Crippen LogP contribution in [-0.4, -0.2) is 28.3 Å². The molecule has 0 bridgehead atoms. The molecule has 1 aliphatic rings. The van der Waals surface area contributed by atoms with Crippen LogP contribution in [0.25, 0.3) is 0 Å². The highest BCUT2D eigenvalue weighted by Gasteiger charge is 2.28. The van der Waals surface area contributed by atoms with Gasteiger partial charge in [-0.25, -0.2) is 0 Å². The van der Waals surface area contributed by atoms with Gasteiger partial charge in [0.2, 0.25) is 0 Å². The zero-order valence-corrected chi connectivity index (χ0v) is 18.2. The predicted octanol–water partition coefficient (Wildman–Crippen LogP) is 4.11. The number of anilines is 1. The number of amides is 1. The molecule has 30 heavy (non-hydrogen) atoms. The summed E-state index contributed by atoms with van der Waals surface area (Å²) in [6.45, 7) is 10.3. The first-order chi connectivity index (χ1) is 14.4. The van der Waals surface area contributed by atoms with E-state index in [0.29, 0.717) is 30.5 Å². The first-order valence-corrected chi connectivity index (χ1v) is 10.6. The number of carbonyl (C=O) groups excluding carboxylic acids is 1. The Morgan fingerprint density at radius 3 is 2.87 bits per heavy atom. The Bertz CT molecular complexity index is 1040. The highest BCUT2D eigenvalue weighted by Crippen LogP contribution is 2.33. The van der Waals surface area contributed by atoms with Crippen molar-refractivity contribution in [1.29, 1.82) is 0 Å². The maximum Gasteiger partial charge on any atom is 0.254 e. The number of rotatable bonds is 7. The van der Waals surface area contributed by atoms with Crippen LogP contribution in [0.4, 0.5) is 5.69 Å². The standard InChI is InChI=1S/C24H30N4O2/c1-16(14-28-19(4)11-17(2)26-28)13-25-24(29)21-9-10-30-23(21)15-27-18(3)12-20-7-5-6-8-22(20)27/h5-11,16,18H,12-15H2,1-4H3,(H,25,29). The van der Waals surface area contributed by atoms with Crippen LogP contribution in [0.15, 0.2) is 47.1 Å². The monoisotopic (exact) mass is 406 g/mol. The summed E-state index contributed by atoms with van der Waals surface area (Å²) < 4.78 is 7.72. The number of hydrogen-bond acceptors (Lipinski definition) is 4. The van der Waals surface area contributed by atoms with Crippen molar-refractivity contribution in [3.05, 3.63) is 70.9 Å². The molecule has 0 saturated heterocycles. The van der Waals surface area contributed by atoms with Crippen LogP contribution in [0.2, 0.25) is 0 Å². The Kier molecular flexibility index (Phi) is 5.66. The number of furan rings is 1. The van der Waals surface area contributed by atoms with Gasteiger partial charge in [-0.1, -0.05) is 25.1 Å². The van der Waals surface area contributed by atoms with Crippen LogP contribution in [0.3, 0.4) is 0 Å². The first-order valence-electron chi connectivity index (χ1n) is 10.6. The maximum absolute atomic E-state index is 12.8. The number of hydrogen-bond donors (Lipinski definition) is 1. The van der Waals surface area contributed by atoms with Gasteiger partial charge < -0.3 is 14.6 Å². The number of nitrogens with zero attached hydrogens (tertiary/aromatic N) is 3. The Labute approximate surface area is 177 Å². The van der Waals surface area contributed by atoms with Gasteiger partial charge in [0.1, 0.15) is 5.76 Å². The van der Waals surface area contributed by atoms with Crippen LogP contribution in [0, 0.1) is 19.8 Å². The van der Waals surface area contributed by atoms with E-state index < -0.39 is 0 Å². The maximum atomic E-state index is 12.8. The molecule has 6 nitrogen and oxygen atoms in total. The molecule has 4 rings (SSSR count). The molecule has 1 aliphatic heterocycles. The van der Waals surface area contributed by atoms with Crippen LogP contribution < -0.4 is 10.2 Å². The van der Waals surface area contributed by atoms with E-state index in [2.05, 4.69) is 66.4 Å². The van der Waals surface area contributed by atoms with Crippen LogP contribution in [-0.2, 0) is 19.5 Å². The Morgan fingerprint density at radius 2 is 2.10 bits per heavy atom. The van der Waals surface area contributed by atoms with Crippen LogP contribution in [0.5, 0.6) is 0 Å². The van der Waals surface area contributed by atoms with Gasteiger partial charge in [0.25, 0.3) is 5.91 Å². The predicted molar refractivity (Wildman–Crippen MR) is 118 cm³/mol. The molecular weight excluding hydrogens is 376 g/mol. The summed E-state index contributed by atoms with van der Waals surface area (Å²) in [5.74, 6) is 0.897. The topological polar surface area (TPSA) is 63.3 Å². The average molecular weight is 407 g/mol. The van der Waals surface area contributed by atoms with Gasteiger partial charge in [-0.3, -0.25) is 9.48 Å². The third kappa shape index (κ3) is 4.13. The Balaban J connectivity index is 1.38. The molecule has 0 aliphatic carbocycles.